The first-order valence-electron chi connectivity index (χ1n) is 13.1. The van der Waals surface area contributed by atoms with Gasteiger partial charge in [0.2, 0.25) is 5.79 Å². The van der Waals surface area contributed by atoms with E-state index in [1.165, 1.54) is 19.1 Å². The van der Waals surface area contributed by atoms with Gasteiger partial charge in [0.25, 0.3) is 0 Å². The highest BCUT2D eigenvalue weighted by atomic mass is 16.7. The van der Waals surface area contributed by atoms with Crippen LogP contribution in [0.1, 0.15) is 46.5 Å². The van der Waals surface area contributed by atoms with Gasteiger partial charge >= 0.3 is 11.9 Å². The molecule has 5 fully saturated rings. The molecule has 3 N–H and O–H groups in total. The van der Waals surface area contributed by atoms with Gasteiger partial charge in [-0.1, -0.05) is 31.2 Å². The number of hydrogen-bond acceptors (Lipinski definition) is 10. The minimum Gasteiger partial charge on any atom is -0.455 e. The topological polar surface area (TPSA) is 157 Å². The van der Waals surface area contributed by atoms with Crippen LogP contribution in [-0.4, -0.2) is 73.6 Å². The van der Waals surface area contributed by atoms with Crippen LogP contribution < -0.4 is 0 Å². The molecule has 0 aromatic rings. The van der Waals surface area contributed by atoms with Crippen LogP contribution in [0.4, 0.5) is 0 Å². The average molecular weight is 527 g/mol. The Labute approximate surface area is 218 Å². The summed E-state index contributed by atoms with van der Waals surface area (Å²) in [6.45, 7) is 8.65. The van der Waals surface area contributed by atoms with Crippen molar-refractivity contribution in [3.8, 4) is 0 Å². The Bertz CT molecular complexity index is 1350. The number of ether oxygens (including phenoxy) is 3. The number of allylic oxidation sites excluding steroid dienone is 3. The minimum atomic E-state index is -2.71. The first-order valence-corrected chi connectivity index (χ1v) is 13.1. The molecule has 0 radical (unpaired) electrons. The molecule has 1 saturated carbocycles. The molecule has 38 heavy (non-hydrogen) atoms. The molecule has 0 aromatic carbocycles. The van der Waals surface area contributed by atoms with Crippen LogP contribution in [0.5, 0.6) is 0 Å². The van der Waals surface area contributed by atoms with Crippen molar-refractivity contribution in [1.29, 1.82) is 0 Å². The van der Waals surface area contributed by atoms with E-state index in [1.807, 2.05) is 0 Å². The van der Waals surface area contributed by atoms with E-state index in [-0.39, 0.29) is 30.6 Å². The highest BCUT2D eigenvalue weighted by molar-refractivity contribution is 6.02. The zero-order valence-corrected chi connectivity index (χ0v) is 21.4. The van der Waals surface area contributed by atoms with E-state index < -0.39 is 81.1 Å². The highest BCUT2D eigenvalue weighted by Crippen LogP contribution is 2.73. The smallest absolute Gasteiger partial charge is 0.342 e. The maximum Gasteiger partial charge on any atom is 0.342 e. The Balaban J connectivity index is 1.52. The van der Waals surface area contributed by atoms with Gasteiger partial charge in [-0.05, 0) is 51.5 Å². The molecule has 10 nitrogen and oxygen atoms in total. The number of aliphatic hydroxyl groups excluding tert-OH is 1. The third kappa shape index (κ3) is 2.15. The molecule has 4 bridgehead atoms. The fraction of sp³-hybridized carbons (Fsp3) is 0.643. The van der Waals surface area contributed by atoms with E-state index in [0.717, 1.165) is 0 Å². The van der Waals surface area contributed by atoms with Crippen LogP contribution in [0.15, 0.2) is 36.0 Å². The number of fused-ring (bicyclic) bond motifs is 9. The summed E-state index contributed by atoms with van der Waals surface area (Å²) in [5.41, 5.74) is -8.34. The third-order valence-electron chi connectivity index (χ3n) is 11.3. The Kier molecular flexibility index (Phi) is 4.20. The second-order valence-corrected chi connectivity index (χ2v) is 12.7. The van der Waals surface area contributed by atoms with Gasteiger partial charge in [-0.15, -0.1) is 0 Å². The standard InChI is InChI=1S/C28H30O10/c1-12-21(32)36-17-11-23(12,2)19-20(31)27(35)18-14(24(3)13(10-15(18)29)6-5-7-16(24)30)8-9-26(34)22(33)37-25(17,4)28(19,26)38-27/h5,7,10,14-15,17-19,29,34-35H,1,6,8-9,11H2,2-4H3/t14-,15+,17+,18?,19?,23+,24-,25-,26+,27+,28-/m0/s1. The van der Waals surface area contributed by atoms with Crippen LogP contribution in [-0.2, 0) is 33.4 Å². The molecule has 2 unspecified atom stereocenters. The lowest BCUT2D eigenvalue weighted by atomic mass is 9.47. The van der Waals surface area contributed by atoms with E-state index >= 15 is 0 Å². The number of carbonyl (C=O) groups excluding carboxylic acids is 4. The Morgan fingerprint density at radius 3 is 2.53 bits per heavy atom. The van der Waals surface area contributed by atoms with Crippen molar-refractivity contribution < 1.29 is 48.7 Å². The molecule has 11 atom stereocenters. The van der Waals surface area contributed by atoms with Gasteiger partial charge in [0.1, 0.15) is 6.10 Å². The van der Waals surface area contributed by atoms with Crippen molar-refractivity contribution in [1.82, 2.24) is 0 Å². The summed E-state index contributed by atoms with van der Waals surface area (Å²) >= 11 is 0. The number of esters is 2. The van der Waals surface area contributed by atoms with Crippen LogP contribution in [0, 0.1) is 28.6 Å². The lowest BCUT2D eigenvalue weighted by molar-refractivity contribution is -0.344. The molecular formula is C28H30O10. The van der Waals surface area contributed by atoms with Crippen molar-refractivity contribution in [3.05, 3.63) is 36.0 Å². The average Bonchev–Trinajstić information content (AvgIpc) is 3.19. The molecular weight excluding hydrogens is 496 g/mol. The molecule has 7 aliphatic rings. The molecule has 4 aliphatic heterocycles. The highest BCUT2D eigenvalue weighted by Gasteiger charge is 2.92. The van der Waals surface area contributed by atoms with Gasteiger partial charge in [-0.25, -0.2) is 9.59 Å². The van der Waals surface area contributed by atoms with Crippen LogP contribution in [0.25, 0.3) is 0 Å². The van der Waals surface area contributed by atoms with Gasteiger partial charge in [0.15, 0.2) is 28.4 Å². The summed E-state index contributed by atoms with van der Waals surface area (Å²) in [7, 11) is 0. The molecule has 10 heteroatoms. The van der Waals surface area contributed by atoms with Gasteiger partial charge in [0.05, 0.1) is 23.4 Å². The second kappa shape index (κ2) is 6.55. The Hall–Kier alpha value is -2.66. The Morgan fingerprint density at radius 2 is 1.82 bits per heavy atom. The first-order chi connectivity index (χ1) is 17.6. The predicted molar refractivity (Wildman–Crippen MR) is 126 cm³/mol. The number of hydrogen-bond donors (Lipinski definition) is 3. The first kappa shape index (κ1) is 24.4. The largest absolute Gasteiger partial charge is 0.455 e. The van der Waals surface area contributed by atoms with E-state index in [2.05, 4.69) is 6.58 Å². The molecule has 4 saturated heterocycles. The molecule has 0 amide bonds. The maximum atomic E-state index is 14.6. The monoisotopic (exact) mass is 526 g/mol. The van der Waals surface area contributed by atoms with E-state index in [9.17, 15) is 34.5 Å². The molecule has 0 aromatic heterocycles. The quantitative estimate of drug-likeness (QED) is 0.230. The van der Waals surface area contributed by atoms with Gasteiger partial charge in [-0.2, -0.15) is 0 Å². The third-order valence-corrected chi connectivity index (χ3v) is 11.3. The van der Waals surface area contributed by atoms with Crippen molar-refractivity contribution in [2.24, 2.45) is 28.6 Å². The number of aliphatic hydroxyl groups is 3. The van der Waals surface area contributed by atoms with E-state index in [4.69, 9.17) is 14.2 Å². The van der Waals surface area contributed by atoms with Gasteiger partial charge in [-0.3, -0.25) is 9.59 Å². The number of rotatable bonds is 0. The number of Topliss-reactive ketones (excluding diaryl/α,β-unsaturated/α-hetero) is 1. The van der Waals surface area contributed by atoms with Crippen molar-refractivity contribution >= 4 is 23.5 Å². The van der Waals surface area contributed by atoms with Crippen molar-refractivity contribution in [3.63, 3.8) is 0 Å². The summed E-state index contributed by atoms with van der Waals surface area (Å²) in [4.78, 5) is 54.4. The molecule has 7 rings (SSSR count). The lowest BCUT2D eigenvalue weighted by Crippen LogP contribution is -2.77. The zero-order valence-electron chi connectivity index (χ0n) is 21.4. The van der Waals surface area contributed by atoms with E-state index in [0.29, 0.717) is 12.0 Å². The molecule has 1 spiro atoms. The SMILES string of the molecule is C=C1C(=O)O[C@@H]2C[C@@]1(C)C1C(=O)[C@]3(O)O[C@@]14[C@@](O)(CC[C@H]1C3[C@H](O)C=C3CC=CC(=O)[C@@]31C)C(=O)O[C@@]24C. The van der Waals surface area contributed by atoms with Gasteiger partial charge < -0.3 is 29.5 Å². The van der Waals surface area contributed by atoms with Crippen LogP contribution in [0.2, 0.25) is 0 Å². The zero-order chi connectivity index (χ0) is 27.4. The molecule has 202 valence electrons. The fourth-order valence-electron chi connectivity index (χ4n) is 9.26. The molecule has 3 aliphatic carbocycles. The van der Waals surface area contributed by atoms with Crippen LogP contribution in [0.3, 0.4) is 0 Å². The summed E-state index contributed by atoms with van der Waals surface area (Å²) < 4.78 is 17.8. The summed E-state index contributed by atoms with van der Waals surface area (Å²) in [5, 5.41) is 36.0. The van der Waals surface area contributed by atoms with Crippen LogP contribution >= 0.6 is 0 Å². The molecule has 4 heterocycles. The number of carbonyl (C=O) groups is 4. The normalized spacial score (nSPS) is 56.2. The lowest BCUT2D eigenvalue weighted by Gasteiger charge is -2.60. The second-order valence-electron chi connectivity index (χ2n) is 12.7. The fourth-order valence-corrected chi connectivity index (χ4v) is 9.26. The summed E-state index contributed by atoms with van der Waals surface area (Å²) in [6, 6.07) is 0. The number of ketones is 2. The Morgan fingerprint density at radius 1 is 1.11 bits per heavy atom. The van der Waals surface area contributed by atoms with E-state index in [1.54, 1.807) is 19.9 Å². The summed E-state index contributed by atoms with van der Waals surface area (Å²) in [6.07, 6.45) is 2.38. The minimum absolute atomic E-state index is 0.00631. The predicted octanol–water partition coefficient (Wildman–Crippen LogP) is 0.430. The van der Waals surface area contributed by atoms with Gasteiger partial charge in [0, 0.05) is 11.0 Å². The summed E-state index contributed by atoms with van der Waals surface area (Å²) in [5.74, 6) is -9.26. The maximum absolute atomic E-state index is 14.6. The van der Waals surface area contributed by atoms with Crippen molar-refractivity contribution in [2.75, 3.05) is 0 Å². The van der Waals surface area contributed by atoms with Crippen molar-refractivity contribution in [2.45, 2.75) is 81.3 Å².